The summed E-state index contributed by atoms with van der Waals surface area (Å²) in [6.45, 7) is 10.7. The number of aryl methyl sites for hydroxylation is 4. The zero-order valence-corrected chi connectivity index (χ0v) is 23.3. The predicted octanol–water partition coefficient (Wildman–Crippen LogP) is 6.07. The van der Waals surface area contributed by atoms with Gasteiger partial charge in [-0.1, -0.05) is 60.7 Å². The van der Waals surface area contributed by atoms with Crippen molar-refractivity contribution >= 4 is 11.6 Å². The summed E-state index contributed by atoms with van der Waals surface area (Å²) in [5, 5.41) is 0. The number of hydrogen-bond donors (Lipinski definition) is 0. The van der Waals surface area contributed by atoms with Gasteiger partial charge in [-0.2, -0.15) is 0 Å². The van der Waals surface area contributed by atoms with E-state index in [0.717, 1.165) is 45.3 Å². The van der Waals surface area contributed by atoms with Crippen LogP contribution in [0.4, 0.5) is 0 Å². The van der Waals surface area contributed by atoms with Gasteiger partial charge in [0, 0.05) is 23.5 Å². The number of nitrogens with zero attached hydrogens (tertiary/aromatic N) is 4. The maximum absolute atomic E-state index is 10.0. The Kier molecular flexibility index (Phi) is 13.2. The molecule has 0 saturated heterocycles. The number of ketones is 2. The van der Waals surface area contributed by atoms with Crippen molar-refractivity contribution in [2.75, 3.05) is 0 Å². The largest absolute Gasteiger partial charge is 3.00 e. The van der Waals surface area contributed by atoms with Gasteiger partial charge in [0.2, 0.25) is 0 Å². The first-order valence-corrected chi connectivity index (χ1v) is 11.4. The van der Waals surface area contributed by atoms with Crippen molar-refractivity contribution < 1.29 is 29.1 Å². The van der Waals surface area contributed by atoms with Gasteiger partial charge in [-0.15, -0.1) is 0 Å². The van der Waals surface area contributed by atoms with Crippen LogP contribution < -0.4 is 0 Å². The van der Waals surface area contributed by atoms with E-state index in [1.807, 2.05) is 88.4 Å². The van der Waals surface area contributed by atoms with Gasteiger partial charge in [-0.25, -0.2) is 0 Å². The average molecular weight is 570 g/mol. The van der Waals surface area contributed by atoms with Gasteiger partial charge in [0.25, 0.3) is 0 Å². The number of carbonyl (C=O) groups excluding carboxylic acids is 2. The molecule has 0 aliphatic rings. The summed E-state index contributed by atoms with van der Waals surface area (Å²) in [7, 11) is 0. The molecule has 0 fully saturated rings. The van der Waals surface area contributed by atoms with Gasteiger partial charge in [-0.05, 0) is 41.5 Å². The molecule has 36 heavy (non-hydrogen) atoms. The molecule has 6 nitrogen and oxygen atoms in total. The first-order valence-electron chi connectivity index (χ1n) is 11.4. The summed E-state index contributed by atoms with van der Waals surface area (Å²) < 4.78 is 0. The summed E-state index contributed by atoms with van der Waals surface area (Å²) in [5.41, 5.74) is 8.07. The van der Waals surface area contributed by atoms with Crippen LogP contribution >= 0.6 is 0 Å². The van der Waals surface area contributed by atoms with Crippen LogP contribution in [-0.2, 0) is 29.1 Å². The standard InChI is InChI=1S/2C12H12N2.C5H8O2.Ru/c2*1-9-8-13-12(10(2)14-9)11-6-4-3-5-7-11;1-4(6)3-5(2)7;/h2*3-8H,1-2H3;3H2,1-2H3;/q;;;+3. The zero-order chi connectivity index (χ0) is 25.8. The molecule has 2 aromatic heterocycles. The maximum Gasteiger partial charge on any atom is 3.00 e. The second-order valence-electron chi connectivity index (χ2n) is 8.20. The van der Waals surface area contributed by atoms with Crippen molar-refractivity contribution in [1.82, 2.24) is 19.9 Å². The molecule has 0 saturated carbocycles. The SMILES string of the molecule is CC(=O)CC(C)=O.Cc1cnc(-c2ccccc2)c(C)n1.Cc1cnc(-c2ccccc2)c(C)n1.[Ru+3]. The minimum absolute atomic E-state index is 0. The Labute approximate surface area is 226 Å². The van der Waals surface area contributed by atoms with Gasteiger partial charge in [-0.3, -0.25) is 29.5 Å². The number of Topliss-reactive ketones (excluding diaryl/α,β-unsaturated/α-hetero) is 2. The number of rotatable bonds is 4. The molecule has 0 bridgehead atoms. The molecule has 1 radical (unpaired) electrons. The Hall–Kier alpha value is -3.44. The normalized spacial score (nSPS) is 9.50. The Bertz CT molecular complexity index is 1160. The van der Waals surface area contributed by atoms with Crippen molar-refractivity contribution in [3.05, 3.63) is 95.8 Å². The van der Waals surface area contributed by atoms with Gasteiger partial charge in [0.05, 0.1) is 40.6 Å². The van der Waals surface area contributed by atoms with Gasteiger partial charge < -0.3 is 0 Å². The van der Waals surface area contributed by atoms with Crippen molar-refractivity contribution in [2.24, 2.45) is 0 Å². The van der Waals surface area contributed by atoms with E-state index in [1.54, 1.807) is 12.4 Å². The monoisotopic (exact) mass is 570 g/mol. The summed E-state index contributed by atoms with van der Waals surface area (Å²) in [6, 6.07) is 20.2. The van der Waals surface area contributed by atoms with E-state index in [1.165, 1.54) is 13.8 Å². The number of carbonyl (C=O) groups is 2. The van der Waals surface area contributed by atoms with Crippen LogP contribution in [0, 0.1) is 27.7 Å². The van der Waals surface area contributed by atoms with E-state index in [-0.39, 0.29) is 37.5 Å². The topological polar surface area (TPSA) is 85.7 Å². The molecule has 0 spiro atoms. The van der Waals surface area contributed by atoms with Crippen LogP contribution in [0.5, 0.6) is 0 Å². The molecule has 0 aliphatic heterocycles. The summed E-state index contributed by atoms with van der Waals surface area (Å²) >= 11 is 0. The van der Waals surface area contributed by atoms with Crippen molar-refractivity contribution in [3.63, 3.8) is 0 Å². The quantitative estimate of drug-likeness (QED) is 0.219. The Morgan fingerprint density at radius 1 is 0.611 bits per heavy atom. The molecule has 4 rings (SSSR count). The smallest absolute Gasteiger partial charge is 0.300 e. The fourth-order valence-electron chi connectivity index (χ4n) is 3.30. The van der Waals surface area contributed by atoms with Gasteiger partial charge >= 0.3 is 19.5 Å². The first-order chi connectivity index (χ1) is 16.7. The molecule has 7 heteroatoms. The van der Waals surface area contributed by atoms with Gasteiger partial charge in [0.15, 0.2) is 0 Å². The number of aromatic nitrogens is 4. The predicted molar refractivity (Wildman–Crippen MR) is 140 cm³/mol. The Morgan fingerprint density at radius 3 is 1.19 bits per heavy atom. The number of hydrogen-bond acceptors (Lipinski definition) is 6. The molecule has 0 amide bonds. The summed E-state index contributed by atoms with van der Waals surface area (Å²) in [4.78, 5) is 37.6. The molecule has 2 aromatic carbocycles. The summed E-state index contributed by atoms with van der Waals surface area (Å²) in [6.07, 6.45) is 3.69. The minimum Gasteiger partial charge on any atom is -0.300 e. The van der Waals surface area contributed by atoms with Crippen LogP contribution in [-0.4, -0.2) is 31.5 Å². The van der Waals surface area contributed by atoms with Gasteiger partial charge in [0.1, 0.15) is 11.6 Å². The molecule has 2 heterocycles. The summed E-state index contributed by atoms with van der Waals surface area (Å²) in [5.74, 6) is -0.125. The molecule has 0 unspecified atom stereocenters. The fraction of sp³-hybridized carbons (Fsp3) is 0.241. The average Bonchev–Trinajstić information content (AvgIpc) is 2.80. The molecule has 0 atom stereocenters. The van der Waals surface area contributed by atoms with E-state index >= 15 is 0 Å². The van der Waals surface area contributed by atoms with E-state index in [9.17, 15) is 9.59 Å². The van der Waals surface area contributed by atoms with Crippen LogP contribution in [0.2, 0.25) is 0 Å². The van der Waals surface area contributed by atoms with Crippen LogP contribution in [0.1, 0.15) is 43.0 Å². The Morgan fingerprint density at radius 2 is 0.944 bits per heavy atom. The van der Waals surface area contributed by atoms with E-state index in [4.69, 9.17) is 0 Å². The third-order valence-electron chi connectivity index (χ3n) is 4.73. The molecule has 0 aliphatic carbocycles. The van der Waals surface area contributed by atoms with Crippen LogP contribution in [0.25, 0.3) is 22.5 Å². The van der Waals surface area contributed by atoms with E-state index in [0.29, 0.717) is 0 Å². The molecular formula is C29H32N4O2Ru+3. The van der Waals surface area contributed by atoms with Crippen molar-refractivity contribution in [1.29, 1.82) is 0 Å². The minimum atomic E-state index is -0.0625. The van der Waals surface area contributed by atoms with E-state index < -0.39 is 0 Å². The molecule has 185 valence electrons. The second-order valence-corrected chi connectivity index (χ2v) is 8.20. The Balaban J connectivity index is 0.000000283. The molecule has 0 N–H and O–H groups in total. The third-order valence-corrected chi connectivity index (χ3v) is 4.73. The van der Waals surface area contributed by atoms with Crippen molar-refractivity contribution in [2.45, 2.75) is 48.0 Å². The molecule has 4 aromatic rings. The second kappa shape index (κ2) is 15.5. The van der Waals surface area contributed by atoms with E-state index in [2.05, 4.69) is 19.9 Å². The number of benzene rings is 2. The van der Waals surface area contributed by atoms with Crippen molar-refractivity contribution in [3.8, 4) is 22.5 Å². The van der Waals surface area contributed by atoms with Crippen LogP contribution in [0.3, 0.4) is 0 Å². The maximum atomic E-state index is 10.0. The fourth-order valence-corrected chi connectivity index (χ4v) is 3.30. The third kappa shape index (κ3) is 10.4. The zero-order valence-electron chi connectivity index (χ0n) is 21.6. The molecular weight excluding hydrogens is 537 g/mol. The first kappa shape index (κ1) is 30.6. The van der Waals surface area contributed by atoms with Crippen LogP contribution in [0.15, 0.2) is 73.1 Å².